The van der Waals surface area contributed by atoms with Gasteiger partial charge in [-0.15, -0.1) is 0 Å². The van der Waals surface area contributed by atoms with Gasteiger partial charge in [0.05, 0.1) is 6.61 Å². The lowest BCUT2D eigenvalue weighted by Gasteiger charge is -2.01. The predicted molar refractivity (Wildman–Crippen MR) is 50.0 cm³/mol. The Morgan fingerprint density at radius 3 is 2.46 bits per heavy atom. The number of esters is 1. The van der Waals surface area contributed by atoms with E-state index in [2.05, 4.69) is 18.2 Å². The van der Waals surface area contributed by atoms with Gasteiger partial charge < -0.3 is 4.74 Å². The SMILES string of the molecule is C=C(F)C(=O)OCCCCCCC. The van der Waals surface area contributed by atoms with Crippen molar-refractivity contribution in [1.29, 1.82) is 0 Å². The van der Waals surface area contributed by atoms with Gasteiger partial charge in [0.15, 0.2) is 0 Å². The number of ether oxygens (including phenoxy) is 1. The molecule has 3 heteroatoms. The lowest BCUT2D eigenvalue weighted by Crippen LogP contribution is -2.05. The van der Waals surface area contributed by atoms with Crippen molar-refractivity contribution in [2.24, 2.45) is 0 Å². The molecule has 0 aliphatic rings. The first kappa shape index (κ1) is 12.1. The molecule has 0 aromatic heterocycles. The van der Waals surface area contributed by atoms with Crippen molar-refractivity contribution in [3.8, 4) is 0 Å². The summed E-state index contributed by atoms with van der Waals surface area (Å²) in [6.07, 6.45) is 5.36. The van der Waals surface area contributed by atoms with Crippen LogP contribution < -0.4 is 0 Å². The summed E-state index contributed by atoms with van der Waals surface area (Å²) in [4.78, 5) is 10.5. The summed E-state index contributed by atoms with van der Waals surface area (Å²) in [5, 5.41) is 0. The fourth-order valence-electron chi connectivity index (χ4n) is 0.949. The van der Waals surface area contributed by atoms with Gasteiger partial charge in [-0.05, 0) is 6.42 Å². The summed E-state index contributed by atoms with van der Waals surface area (Å²) in [6.45, 7) is 5.27. The van der Waals surface area contributed by atoms with E-state index in [0.717, 1.165) is 19.3 Å². The average molecular weight is 188 g/mol. The van der Waals surface area contributed by atoms with Crippen LogP contribution in [0.3, 0.4) is 0 Å². The highest BCUT2D eigenvalue weighted by Crippen LogP contribution is 2.03. The Labute approximate surface area is 78.8 Å². The van der Waals surface area contributed by atoms with Crippen LogP contribution in [0.5, 0.6) is 0 Å². The normalized spacial score (nSPS) is 9.69. The van der Waals surface area contributed by atoms with Gasteiger partial charge in [0.25, 0.3) is 0 Å². The molecule has 0 bridgehead atoms. The zero-order valence-electron chi connectivity index (χ0n) is 8.14. The number of halogens is 1. The third-order valence-corrected chi connectivity index (χ3v) is 1.70. The molecule has 0 amide bonds. The Balaban J connectivity index is 3.16. The van der Waals surface area contributed by atoms with Gasteiger partial charge in [0.2, 0.25) is 5.83 Å². The van der Waals surface area contributed by atoms with E-state index in [1.165, 1.54) is 12.8 Å². The molecule has 2 nitrogen and oxygen atoms in total. The first-order chi connectivity index (χ1) is 6.18. The van der Waals surface area contributed by atoms with E-state index < -0.39 is 11.8 Å². The molecule has 13 heavy (non-hydrogen) atoms. The van der Waals surface area contributed by atoms with Crippen LogP contribution in [-0.2, 0) is 9.53 Å². The zero-order chi connectivity index (χ0) is 10.1. The number of rotatable bonds is 7. The molecule has 0 aliphatic carbocycles. The van der Waals surface area contributed by atoms with Crippen molar-refractivity contribution in [1.82, 2.24) is 0 Å². The summed E-state index contributed by atoms with van der Waals surface area (Å²) >= 11 is 0. The van der Waals surface area contributed by atoms with Crippen molar-refractivity contribution in [3.05, 3.63) is 12.4 Å². The van der Waals surface area contributed by atoms with Crippen LogP contribution in [0.4, 0.5) is 4.39 Å². The van der Waals surface area contributed by atoms with E-state index in [4.69, 9.17) is 0 Å². The first-order valence-electron chi connectivity index (χ1n) is 4.70. The van der Waals surface area contributed by atoms with E-state index in [1.54, 1.807) is 0 Å². The third-order valence-electron chi connectivity index (χ3n) is 1.70. The summed E-state index contributed by atoms with van der Waals surface area (Å²) in [7, 11) is 0. The monoisotopic (exact) mass is 188 g/mol. The number of carbonyl (C=O) groups excluding carboxylic acids is 1. The van der Waals surface area contributed by atoms with Crippen LogP contribution in [0, 0.1) is 0 Å². The second-order valence-corrected chi connectivity index (χ2v) is 2.96. The molecule has 0 aromatic carbocycles. The van der Waals surface area contributed by atoms with Crippen LogP contribution in [0.1, 0.15) is 39.0 Å². The van der Waals surface area contributed by atoms with E-state index in [1.807, 2.05) is 0 Å². The Kier molecular flexibility index (Phi) is 7.26. The van der Waals surface area contributed by atoms with Crippen LogP contribution in [0.15, 0.2) is 12.4 Å². The van der Waals surface area contributed by atoms with Crippen LogP contribution in [0.2, 0.25) is 0 Å². The maximum absolute atomic E-state index is 12.1. The molecule has 0 saturated heterocycles. The largest absolute Gasteiger partial charge is 0.460 e. The van der Waals surface area contributed by atoms with Gasteiger partial charge in [0, 0.05) is 0 Å². The smallest absolute Gasteiger partial charge is 0.366 e. The molecule has 0 rings (SSSR count). The van der Waals surface area contributed by atoms with Gasteiger partial charge >= 0.3 is 5.97 Å². The van der Waals surface area contributed by atoms with Crippen molar-refractivity contribution < 1.29 is 13.9 Å². The molecule has 0 N–H and O–H groups in total. The lowest BCUT2D eigenvalue weighted by atomic mass is 10.2. The van der Waals surface area contributed by atoms with Crippen molar-refractivity contribution in [3.63, 3.8) is 0 Å². The quantitative estimate of drug-likeness (QED) is 0.349. The van der Waals surface area contributed by atoms with E-state index in [-0.39, 0.29) is 0 Å². The molecule has 0 aromatic rings. The zero-order valence-corrected chi connectivity index (χ0v) is 8.14. The summed E-state index contributed by atoms with van der Waals surface area (Å²) in [5.41, 5.74) is 0. The average Bonchev–Trinajstić information content (AvgIpc) is 2.10. The molecule has 0 radical (unpaired) electrons. The molecular weight excluding hydrogens is 171 g/mol. The Morgan fingerprint density at radius 2 is 1.92 bits per heavy atom. The van der Waals surface area contributed by atoms with E-state index >= 15 is 0 Å². The van der Waals surface area contributed by atoms with Gasteiger partial charge in [-0.3, -0.25) is 0 Å². The maximum atomic E-state index is 12.1. The minimum absolute atomic E-state index is 0.297. The molecule has 0 fully saturated rings. The minimum Gasteiger partial charge on any atom is -0.460 e. The molecule has 0 aliphatic heterocycles. The van der Waals surface area contributed by atoms with Gasteiger partial charge in [0.1, 0.15) is 0 Å². The predicted octanol–water partition coefficient (Wildman–Crippen LogP) is 2.98. The molecule has 0 unspecified atom stereocenters. The number of carbonyl (C=O) groups is 1. The molecular formula is C10H17FO2. The molecule has 0 atom stereocenters. The second kappa shape index (κ2) is 7.77. The second-order valence-electron chi connectivity index (χ2n) is 2.96. The lowest BCUT2D eigenvalue weighted by molar-refractivity contribution is -0.140. The molecule has 76 valence electrons. The van der Waals surface area contributed by atoms with Gasteiger partial charge in [-0.1, -0.05) is 39.2 Å². The fourth-order valence-corrected chi connectivity index (χ4v) is 0.949. The third kappa shape index (κ3) is 7.50. The number of hydrogen-bond donors (Lipinski definition) is 0. The van der Waals surface area contributed by atoms with Crippen LogP contribution in [0.25, 0.3) is 0 Å². The van der Waals surface area contributed by atoms with Crippen molar-refractivity contribution in [2.45, 2.75) is 39.0 Å². The highest BCUT2D eigenvalue weighted by molar-refractivity contribution is 5.85. The topological polar surface area (TPSA) is 26.3 Å². The first-order valence-corrected chi connectivity index (χ1v) is 4.70. The maximum Gasteiger partial charge on any atom is 0.366 e. The Hall–Kier alpha value is -0.860. The highest BCUT2D eigenvalue weighted by atomic mass is 19.1. The minimum atomic E-state index is -1.02. The molecule has 0 saturated carbocycles. The van der Waals surface area contributed by atoms with E-state index in [0.29, 0.717) is 6.61 Å². The summed E-state index contributed by atoms with van der Waals surface area (Å²) < 4.78 is 16.6. The van der Waals surface area contributed by atoms with Gasteiger partial charge in [-0.25, -0.2) is 4.79 Å². The summed E-state index contributed by atoms with van der Waals surface area (Å²) in [5.74, 6) is -1.95. The van der Waals surface area contributed by atoms with Crippen molar-refractivity contribution in [2.75, 3.05) is 6.61 Å². The molecule has 0 spiro atoms. The summed E-state index contributed by atoms with van der Waals surface area (Å²) in [6, 6.07) is 0. The highest BCUT2D eigenvalue weighted by Gasteiger charge is 2.05. The number of hydrogen-bond acceptors (Lipinski definition) is 2. The molecule has 0 heterocycles. The van der Waals surface area contributed by atoms with Gasteiger partial charge in [-0.2, -0.15) is 4.39 Å². The standard InChI is InChI=1S/C10H17FO2/c1-3-4-5-6-7-8-13-10(12)9(2)11/h2-8H2,1H3. The van der Waals surface area contributed by atoms with Crippen LogP contribution in [-0.4, -0.2) is 12.6 Å². The van der Waals surface area contributed by atoms with E-state index in [9.17, 15) is 9.18 Å². The fraction of sp³-hybridized carbons (Fsp3) is 0.700. The Bertz CT molecular complexity index is 166. The Morgan fingerprint density at radius 1 is 1.31 bits per heavy atom. The van der Waals surface area contributed by atoms with Crippen molar-refractivity contribution >= 4 is 5.97 Å². The van der Waals surface area contributed by atoms with Crippen LogP contribution >= 0.6 is 0 Å². The number of unbranched alkanes of at least 4 members (excludes halogenated alkanes) is 4.